The second-order valence-electron chi connectivity index (χ2n) is 10.9. The number of benzene rings is 2. The highest BCUT2D eigenvalue weighted by Gasteiger charge is 2.32. The highest BCUT2D eigenvalue weighted by molar-refractivity contribution is 5.74. The Morgan fingerprint density at radius 3 is 2.07 bits per heavy atom. The van der Waals surface area contributed by atoms with Crippen molar-refractivity contribution >= 4 is 23.3 Å². The molecule has 41 heavy (non-hydrogen) atoms. The second kappa shape index (κ2) is 12.8. The number of pyridine rings is 1. The average Bonchev–Trinajstić information content (AvgIpc) is 3.41. The number of likely N-dealkylation sites (tertiary alicyclic amines) is 1. The summed E-state index contributed by atoms with van der Waals surface area (Å²) < 4.78 is 16.1. The van der Waals surface area contributed by atoms with E-state index in [1.807, 2.05) is 74.2 Å². The minimum Gasteiger partial charge on any atom is -0.497 e. The quantitative estimate of drug-likeness (QED) is 0.247. The number of amides is 1. The summed E-state index contributed by atoms with van der Waals surface area (Å²) in [6.07, 6.45) is 1.81. The Morgan fingerprint density at radius 2 is 1.59 bits per heavy atom. The number of methoxy groups -OCH3 is 2. The first-order valence-electron chi connectivity index (χ1n) is 13.4. The van der Waals surface area contributed by atoms with E-state index < -0.39 is 16.6 Å². The Morgan fingerprint density at radius 1 is 1.02 bits per heavy atom. The van der Waals surface area contributed by atoms with Gasteiger partial charge in [0.15, 0.2) is 0 Å². The Labute approximate surface area is 240 Å². The van der Waals surface area contributed by atoms with E-state index in [2.05, 4.69) is 10.3 Å². The van der Waals surface area contributed by atoms with Crippen molar-refractivity contribution in [3.8, 4) is 11.5 Å². The van der Waals surface area contributed by atoms with E-state index in [1.165, 1.54) is 0 Å². The summed E-state index contributed by atoms with van der Waals surface area (Å²) in [5.74, 6) is 1.69. The van der Waals surface area contributed by atoms with Crippen LogP contribution < -0.4 is 19.7 Å². The highest BCUT2D eigenvalue weighted by Crippen LogP contribution is 2.36. The third-order valence-electron chi connectivity index (χ3n) is 6.65. The van der Waals surface area contributed by atoms with Crippen LogP contribution in [0.5, 0.6) is 11.5 Å². The van der Waals surface area contributed by atoms with Gasteiger partial charge in [0.1, 0.15) is 22.8 Å². The maximum absolute atomic E-state index is 12.5. The first kappa shape index (κ1) is 29.4. The molecule has 11 nitrogen and oxygen atoms in total. The molecule has 2 heterocycles. The topological polar surface area (TPSA) is 119 Å². The number of carbonyl (C=O) groups is 1. The zero-order valence-electron chi connectivity index (χ0n) is 24.1. The van der Waals surface area contributed by atoms with Crippen LogP contribution >= 0.6 is 0 Å². The Hall–Kier alpha value is -4.54. The third kappa shape index (κ3) is 7.77. The molecular weight excluding hydrogens is 526 g/mol. The van der Waals surface area contributed by atoms with Gasteiger partial charge in [0.25, 0.3) is 0 Å². The van der Waals surface area contributed by atoms with Gasteiger partial charge in [-0.05, 0) is 68.7 Å². The lowest BCUT2D eigenvalue weighted by Crippen LogP contribution is -2.36. The molecule has 11 heteroatoms. The largest absolute Gasteiger partial charge is 0.497 e. The molecule has 1 aliphatic heterocycles. The molecule has 218 valence electrons. The van der Waals surface area contributed by atoms with Gasteiger partial charge in [0, 0.05) is 38.4 Å². The summed E-state index contributed by atoms with van der Waals surface area (Å²) in [5.41, 5.74) is 1.52. The third-order valence-corrected chi connectivity index (χ3v) is 6.65. The van der Waals surface area contributed by atoms with Crippen LogP contribution in [0.3, 0.4) is 0 Å². The van der Waals surface area contributed by atoms with Crippen molar-refractivity contribution in [2.45, 2.75) is 51.9 Å². The van der Waals surface area contributed by atoms with Gasteiger partial charge in [-0.25, -0.2) is 9.78 Å². The number of hydrogen-bond acceptors (Lipinski definition) is 9. The molecule has 0 bridgehead atoms. The monoisotopic (exact) mass is 563 g/mol. The van der Waals surface area contributed by atoms with E-state index in [0.29, 0.717) is 38.3 Å². The number of rotatable bonds is 10. The van der Waals surface area contributed by atoms with Gasteiger partial charge in [0.05, 0.1) is 19.1 Å². The molecule has 1 aliphatic rings. The lowest BCUT2D eigenvalue weighted by molar-refractivity contribution is -0.383. The summed E-state index contributed by atoms with van der Waals surface area (Å²) in [4.78, 5) is 32.6. The highest BCUT2D eigenvalue weighted by atomic mass is 16.6. The van der Waals surface area contributed by atoms with E-state index in [0.717, 1.165) is 22.6 Å². The first-order valence-corrected chi connectivity index (χ1v) is 13.4. The molecule has 3 aromatic rings. The molecule has 0 radical (unpaired) electrons. The lowest BCUT2D eigenvalue weighted by atomic mass is 10.1. The van der Waals surface area contributed by atoms with Crippen LogP contribution in [-0.4, -0.2) is 59.9 Å². The van der Waals surface area contributed by atoms with Gasteiger partial charge in [-0.15, -0.1) is 0 Å². The molecule has 1 unspecified atom stereocenters. The fourth-order valence-electron chi connectivity index (χ4n) is 4.67. The number of nitrogens with one attached hydrogen (secondary N) is 1. The molecule has 0 spiro atoms. The number of aromatic nitrogens is 1. The summed E-state index contributed by atoms with van der Waals surface area (Å²) in [5, 5.41) is 15.8. The van der Waals surface area contributed by atoms with Gasteiger partial charge in [0.2, 0.25) is 5.82 Å². The molecule has 1 fully saturated rings. The molecule has 2 aromatic carbocycles. The van der Waals surface area contributed by atoms with E-state index in [-0.39, 0.29) is 17.5 Å². The molecular formula is C30H37N5O6. The SMILES string of the molecule is COc1ccc(CN(Cc2ccc(OC)cc2)c2nccc(NC3CCN(C(=O)OC(C)(C)C)C3)c2[N+](=O)[O-])cc1. The number of nitrogens with zero attached hydrogens (tertiary/aromatic N) is 4. The predicted molar refractivity (Wildman–Crippen MR) is 157 cm³/mol. The predicted octanol–water partition coefficient (Wildman–Crippen LogP) is 5.64. The zero-order chi connectivity index (χ0) is 29.6. The standard InChI is InChI=1S/C30H37N5O6/c1-30(2,3)41-29(36)33-17-15-23(20-33)32-26-14-16-31-28(27(26)35(37)38)34(18-21-6-10-24(39-4)11-7-21)19-22-8-12-25(40-5)13-9-22/h6-14,16,23H,15,17-20H2,1-5H3,(H,31,32). The van der Waals surface area contributed by atoms with Crippen molar-refractivity contribution in [1.82, 2.24) is 9.88 Å². The fourth-order valence-corrected chi connectivity index (χ4v) is 4.67. The smallest absolute Gasteiger partial charge is 0.410 e. The van der Waals surface area contributed by atoms with Crippen LogP contribution in [0.1, 0.15) is 38.3 Å². The van der Waals surface area contributed by atoms with E-state index in [4.69, 9.17) is 14.2 Å². The van der Waals surface area contributed by atoms with Crippen LogP contribution in [0.4, 0.5) is 22.0 Å². The van der Waals surface area contributed by atoms with Crippen molar-refractivity contribution in [2.75, 3.05) is 37.5 Å². The van der Waals surface area contributed by atoms with Gasteiger partial charge < -0.3 is 29.3 Å². The van der Waals surface area contributed by atoms with Crippen LogP contribution in [-0.2, 0) is 17.8 Å². The second-order valence-corrected chi connectivity index (χ2v) is 10.9. The molecule has 4 rings (SSSR count). The van der Waals surface area contributed by atoms with Crippen molar-refractivity contribution in [3.05, 3.63) is 82.0 Å². The summed E-state index contributed by atoms with van der Waals surface area (Å²) in [6, 6.07) is 16.6. The number of nitro groups is 1. The summed E-state index contributed by atoms with van der Waals surface area (Å²) in [7, 11) is 3.21. The van der Waals surface area contributed by atoms with Crippen molar-refractivity contribution < 1.29 is 23.9 Å². The maximum Gasteiger partial charge on any atom is 0.410 e. The Balaban J connectivity index is 1.62. The van der Waals surface area contributed by atoms with Gasteiger partial charge >= 0.3 is 11.8 Å². The molecule has 1 saturated heterocycles. The van der Waals surface area contributed by atoms with E-state index >= 15 is 0 Å². The molecule has 1 N–H and O–H groups in total. The molecule has 1 aromatic heterocycles. The van der Waals surface area contributed by atoms with Crippen LogP contribution in [0.15, 0.2) is 60.8 Å². The van der Waals surface area contributed by atoms with Crippen molar-refractivity contribution in [3.63, 3.8) is 0 Å². The molecule has 1 atom stereocenters. The first-order chi connectivity index (χ1) is 19.6. The number of anilines is 2. The normalized spacial score (nSPS) is 14.9. The number of hydrogen-bond donors (Lipinski definition) is 1. The molecule has 0 aliphatic carbocycles. The number of ether oxygens (including phenoxy) is 3. The lowest BCUT2D eigenvalue weighted by Gasteiger charge is -2.26. The van der Waals surface area contributed by atoms with Crippen LogP contribution in [0.25, 0.3) is 0 Å². The van der Waals surface area contributed by atoms with Crippen LogP contribution in [0, 0.1) is 10.1 Å². The summed E-state index contributed by atoms with van der Waals surface area (Å²) >= 11 is 0. The summed E-state index contributed by atoms with van der Waals surface area (Å²) in [6.45, 7) is 7.10. The van der Waals surface area contributed by atoms with Crippen LogP contribution in [0.2, 0.25) is 0 Å². The number of carbonyl (C=O) groups excluding carboxylic acids is 1. The average molecular weight is 564 g/mol. The van der Waals surface area contributed by atoms with Crippen molar-refractivity contribution in [1.29, 1.82) is 0 Å². The van der Waals surface area contributed by atoms with Gasteiger partial charge in [-0.1, -0.05) is 24.3 Å². The zero-order valence-corrected chi connectivity index (χ0v) is 24.1. The fraction of sp³-hybridized carbons (Fsp3) is 0.400. The van der Waals surface area contributed by atoms with Gasteiger partial charge in [-0.2, -0.15) is 0 Å². The van der Waals surface area contributed by atoms with E-state index in [9.17, 15) is 14.9 Å². The Bertz CT molecular complexity index is 1290. The minimum absolute atomic E-state index is 0.120. The molecule has 1 amide bonds. The minimum atomic E-state index is -0.599. The maximum atomic E-state index is 12.5. The van der Waals surface area contributed by atoms with Crippen molar-refractivity contribution in [2.24, 2.45) is 0 Å². The Kier molecular flexibility index (Phi) is 9.16. The van der Waals surface area contributed by atoms with Gasteiger partial charge in [-0.3, -0.25) is 10.1 Å². The van der Waals surface area contributed by atoms with E-state index in [1.54, 1.807) is 31.4 Å². The molecule has 0 saturated carbocycles.